The molecule has 3 aromatic rings. The van der Waals surface area contributed by atoms with Crippen molar-refractivity contribution in [2.45, 2.75) is 12.8 Å². The van der Waals surface area contributed by atoms with E-state index in [1.807, 2.05) is 66.7 Å². The fraction of sp³-hybridized carbons (Fsp3) is 0.0909. The van der Waals surface area contributed by atoms with E-state index in [-0.39, 0.29) is 0 Å². The van der Waals surface area contributed by atoms with Gasteiger partial charge in [0.05, 0.1) is 0 Å². The first-order valence-corrected chi connectivity index (χ1v) is 10.2. The molecule has 1 aromatic heterocycles. The number of pyridine rings is 1. The first-order valence-electron chi connectivity index (χ1n) is 8.22. The zero-order valence-electron chi connectivity index (χ0n) is 13.9. The summed E-state index contributed by atoms with van der Waals surface area (Å²) < 4.78 is 0. The molecule has 122 valence electrons. The molecule has 0 amide bonds. The summed E-state index contributed by atoms with van der Waals surface area (Å²) in [6.07, 6.45) is 8.68. The number of aryl methyl sites for hydroxylation is 1. The van der Waals surface area contributed by atoms with Gasteiger partial charge >= 0.3 is 149 Å². The fourth-order valence-electron chi connectivity index (χ4n) is 3.08. The third kappa shape index (κ3) is 3.32. The topological polar surface area (TPSA) is 36.7 Å². The molecule has 0 unspecified atom stereocenters. The molecule has 0 spiro atoms. The molecule has 3 rings (SSSR count). The van der Waals surface area contributed by atoms with Gasteiger partial charge in [-0.25, -0.2) is 0 Å². The van der Waals surface area contributed by atoms with E-state index in [9.17, 15) is 5.26 Å². The summed E-state index contributed by atoms with van der Waals surface area (Å²) in [5.74, 6) is 5.36. The number of hydrogen-bond acceptors (Lipinski definition) is 2. The zero-order chi connectivity index (χ0) is 17.5. The van der Waals surface area contributed by atoms with Crippen LogP contribution in [0.3, 0.4) is 0 Å². The Hall–Kier alpha value is -2.93. The van der Waals surface area contributed by atoms with Crippen molar-refractivity contribution in [3.8, 4) is 18.2 Å². The third-order valence-electron chi connectivity index (χ3n) is 4.35. The summed E-state index contributed by atoms with van der Waals surface area (Å²) in [4.78, 5) is 4.63. The molecule has 0 saturated heterocycles. The Morgan fingerprint density at radius 1 is 0.920 bits per heavy atom. The molecule has 2 nitrogen and oxygen atoms in total. The second-order valence-electron chi connectivity index (χ2n) is 5.85. The predicted molar refractivity (Wildman–Crippen MR) is 107 cm³/mol. The Balaban J connectivity index is 2.23. The van der Waals surface area contributed by atoms with Gasteiger partial charge in [0.2, 0.25) is 0 Å². The molecule has 0 aliphatic rings. The normalized spacial score (nSPS) is 11.3. The van der Waals surface area contributed by atoms with Crippen molar-refractivity contribution in [3.05, 3.63) is 84.6 Å². The van der Waals surface area contributed by atoms with E-state index in [1.165, 1.54) is 0 Å². The van der Waals surface area contributed by atoms with Crippen LogP contribution in [0, 0.1) is 23.4 Å². The van der Waals surface area contributed by atoms with Gasteiger partial charge < -0.3 is 0 Å². The van der Waals surface area contributed by atoms with Gasteiger partial charge in [0.15, 0.2) is 0 Å². The molecule has 2 aromatic carbocycles. The number of hydrogen-bond donors (Lipinski definition) is 0. The van der Waals surface area contributed by atoms with Crippen LogP contribution in [0.5, 0.6) is 0 Å². The van der Waals surface area contributed by atoms with Crippen LogP contribution in [0.1, 0.15) is 12.0 Å². The van der Waals surface area contributed by atoms with Crippen LogP contribution in [0.15, 0.2) is 79.0 Å². The Labute approximate surface area is 149 Å². The molecule has 0 saturated carbocycles. The third-order valence-corrected chi connectivity index (χ3v) is 8.12. The van der Waals surface area contributed by atoms with E-state index >= 15 is 0 Å². The van der Waals surface area contributed by atoms with Gasteiger partial charge in [-0.05, 0) is 0 Å². The molecule has 0 bridgehead atoms. The van der Waals surface area contributed by atoms with Crippen molar-refractivity contribution in [3.63, 3.8) is 0 Å². The quantitative estimate of drug-likeness (QED) is 0.528. The first kappa shape index (κ1) is 16.9. The van der Waals surface area contributed by atoms with Crippen molar-refractivity contribution < 1.29 is 0 Å². The molecule has 0 aliphatic heterocycles. The Morgan fingerprint density at radius 2 is 1.52 bits per heavy atom. The number of terminal acetylenes is 1. The van der Waals surface area contributed by atoms with Gasteiger partial charge in [0, 0.05) is 0 Å². The number of nitriles is 1. The number of benzene rings is 2. The fourth-order valence-corrected chi connectivity index (χ4v) is 6.43. The number of rotatable bonds is 5. The van der Waals surface area contributed by atoms with Crippen LogP contribution < -0.4 is 16.0 Å². The molecule has 0 aliphatic carbocycles. The van der Waals surface area contributed by atoms with E-state index in [4.69, 9.17) is 6.42 Å². The Kier molecular flexibility index (Phi) is 5.25. The summed E-state index contributed by atoms with van der Waals surface area (Å²) >= 11 is 0. The van der Waals surface area contributed by atoms with Crippen molar-refractivity contribution in [2.24, 2.45) is 0 Å². The minimum atomic E-state index is -2.83. The van der Waals surface area contributed by atoms with E-state index in [2.05, 4.69) is 22.8 Å². The molecule has 1 heterocycles. The average Bonchev–Trinajstić information content (AvgIpc) is 2.69. The SMILES string of the molecule is C#CCCc1ccnc([PH](C#N)(c2ccccc2)c2ccccc2)c1. The number of nitrogens with zero attached hydrogens (tertiary/aromatic N) is 2. The van der Waals surface area contributed by atoms with Crippen LogP contribution in [0.4, 0.5) is 0 Å². The molecule has 3 heteroatoms. The van der Waals surface area contributed by atoms with Crippen molar-refractivity contribution in [1.82, 2.24) is 4.98 Å². The van der Waals surface area contributed by atoms with E-state index in [0.717, 1.165) is 28.0 Å². The van der Waals surface area contributed by atoms with Gasteiger partial charge in [-0.15, -0.1) is 0 Å². The van der Waals surface area contributed by atoms with Crippen LogP contribution in [-0.4, -0.2) is 4.98 Å². The minimum absolute atomic E-state index is 0.682. The molecule has 25 heavy (non-hydrogen) atoms. The van der Waals surface area contributed by atoms with Gasteiger partial charge in [-0.3, -0.25) is 0 Å². The molecule has 0 atom stereocenters. The predicted octanol–water partition coefficient (Wildman–Crippen LogP) is 3.15. The molecular formula is C22H19N2P. The van der Waals surface area contributed by atoms with Crippen molar-refractivity contribution in [2.75, 3.05) is 0 Å². The first-order chi connectivity index (χ1) is 12.3. The van der Waals surface area contributed by atoms with Crippen LogP contribution in [0.2, 0.25) is 0 Å². The molecule has 0 fully saturated rings. The summed E-state index contributed by atoms with van der Waals surface area (Å²) in [5.41, 5.74) is 1.99. The molecule has 0 radical (unpaired) electrons. The standard InChI is InChI=1S/C22H19N2P/c1-2-3-10-19-15-16-24-22(17-19)25(18-23,20-11-6-4-7-12-20)21-13-8-5-9-14-21/h1,4-9,11-17,25H,3,10H2. The Morgan fingerprint density at radius 3 is 2.04 bits per heavy atom. The van der Waals surface area contributed by atoms with Crippen molar-refractivity contribution >= 4 is 23.3 Å². The summed E-state index contributed by atoms with van der Waals surface area (Å²) in [7, 11) is -2.83. The van der Waals surface area contributed by atoms with Gasteiger partial charge in [-0.1, -0.05) is 0 Å². The van der Waals surface area contributed by atoms with Gasteiger partial charge in [0.25, 0.3) is 0 Å². The maximum absolute atomic E-state index is 10.3. The van der Waals surface area contributed by atoms with Crippen LogP contribution >= 0.6 is 7.26 Å². The monoisotopic (exact) mass is 342 g/mol. The molecular weight excluding hydrogens is 323 g/mol. The van der Waals surface area contributed by atoms with Crippen LogP contribution in [0.25, 0.3) is 0 Å². The van der Waals surface area contributed by atoms with E-state index in [0.29, 0.717) is 6.42 Å². The second kappa shape index (κ2) is 7.76. The summed E-state index contributed by atoms with van der Waals surface area (Å²) in [6.45, 7) is 0. The summed E-state index contributed by atoms with van der Waals surface area (Å²) in [5, 5.41) is 12.4. The summed E-state index contributed by atoms with van der Waals surface area (Å²) in [6, 6.07) is 24.1. The molecule has 0 N–H and O–H groups in total. The van der Waals surface area contributed by atoms with Gasteiger partial charge in [-0.2, -0.15) is 0 Å². The second-order valence-corrected chi connectivity index (χ2v) is 9.24. The maximum atomic E-state index is 10.3. The average molecular weight is 342 g/mol. The van der Waals surface area contributed by atoms with Gasteiger partial charge in [0.1, 0.15) is 0 Å². The van der Waals surface area contributed by atoms with Crippen LogP contribution in [-0.2, 0) is 6.42 Å². The Bertz CT molecular complexity index is 882. The van der Waals surface area contributed by atoms with E-state index < -0.39 is 7.26 Å². The van der Waals surface area contributed by atoms with E-state index in [1.54, 1.807) is 6.20 Å². The van der Waals surface area contributed by atoms with Crippen molar-refractivity contribution in [1.29, 1.82) is 5.26 Å². The zero-order valence-corrected chi connectivity index (χ0v) is 14.9. The number of aromatic nitrogens is 1.